The first-order valence-corrected chi connectivity index (χ1v) is 8.67. The van der Waals surface area contributed by atoms with Gasteiger partial charge >= 0.3 is 6.09 Å². The van der Waals surface area contributed by atoms with Crippen LogP contribution in [0.1, 0.15) is 46.5 Å². The van der Waals surface area contributed by atoms with Crippen molar-refractivity contribution < 1.29 is 17.9 Å². The van der Waals surface area contributed by atoms with E-state index in [1.807, 2.05) is 0 Å². The Labute approximate surface area is 120 Å². The van der Waals surface area contributed by atoms with Gasteiger partial charge in [0.1, 0.15) is 5.60 Å². The van der Waals surface area contributed by atoms with Crippen molar-refractivity contribution >= 4 is 16.1 Å². The van der Waals surface area contributed by atoms with Crippen LogP contribution in [-0.4, -0.2) is 48.8 Å². The molecular formula is C13H24N2O4S. The van der Waals surface area contributed by atoms with E-state index in [-0.39, 0.29) is 11.3 Å². The molecule has 116 valence electrons. The van der Waals surface area contributed by atoms with E-state index in [1.165, 1.54) is 4.31 Å². The van der Waals surface area contributed by atoms with E-state index in [9.17, 15) is 13.2 Å². The van der Waals surface area contributed by atoms with E-state index >= 15 is 0 Å². The fourth-order valence-corrected chi connectivity index (χ4v) is 4.27. The van der Waals surface area contributed by atoms with Crippen LogP contribution in [0.25, 0.3) is 0 Å². The summed E-state index contributed by atoms with van der Waals surface area (Å²) in [4.78, 5) is 11.7. The number of ether oxygens (including phenoxy) is 1. The first kappa shape index (κ1) is 15.6. The first-order valence-electron chi connectivity index (χ1n) is 7.17. The molecular weight excluding hydrogens is 280 g/mol. The van der Waals surface area contributed by atoms with Gasteiger partial charge in [-0.3, -0.25) is 0 Å². The van der Waals surface area contributed by atoms with Crippen LogP contribution >= 0.6 is 0 Å². The Kier molecular flexibility index (Phi) is 4.30. The highest BCUT2D eigenvalue weighted by molar-refractivity contribution is 7.90. The molecule has 1 aliphatic heterocycles. The van der Waals surface area contributed by atoms with Crippen LogP contribution in [0.5, 0.6) is 0 Å². The molecule has 0 aromatic rings. The maximum Gasteiger partial charge on any atom is 0.407 e. The maximum atomic E-state index is 12.2. The smallest absolute Gasteiger partial charge is 0.407 e. The normalized spacial score (nSPS) is 25.2. The molecule has 1 amide bonds. The maximum absolute atomic E-state index is 12.2. The highest BCUT2D eigenvalue weighted by Crippen LogP contribution is 2.32. The van der Waals surface area contributed by atoms with Crippen LogP contribution in [0.2, 0.25) is 0 Å². The van der Waals surface area contributed by atoms with Gasteiger partial charge in [0.25, 0.3) is 0 Å². The number of alkyl carbamates (subject to hydrolysis) is 1. The van der Waals surface area contributed by atoms with E-state index in [1.54, 1.807) is 20.8 Å². The molecule has 2 rings (SSSR count). The minimum atomic E-state index is -3.15. The molecule has 1 saturated carbocycles. The minimum Gasteiger partial charge on any atom is -0.444 e. The van der Waals surface area contributed by atoms with E-state index in [2.05, 4.69) is 5.32 Å². The van der Waals surface area contributed by atoms with Crippen molar-refractivity contribution in [1.82, 2.24) is 9.62 Å². The second-order valence-electron chi connectivity index (χ2n) is 6.59. The van der Waals surface area contributed by atoms with Gasteiger partial charge in [-0.2, -0.15) is 4.31 Å². The van der Waals surface area contributed by atoms with Crippen molar-refractivity contribution in [3.8, 4) is 0 Å². The molecule has 6 nitrogen and oxygen atoms in total. The molecule has 0 aromatic carbocycles. The molecule has 20 heavy (non-hydrogen) atoms. The monoisotopic (exact) mass is 304 g/mol. The third kappa shape index (κ3) is 4.09. The Morgan fingerprint density at radius 2 is 1.90 bits per heavy atom. The van der Waals surface area contributed by atoms with Crippen molar-refractivity contribution in [2.24, 2.45) is 0 Å². The van der Waals surface area contributed by atoms with Gasteiger partial charge in [-0.05, 0) is 46.5 Å². The Morgan fingerprint density at radius 3 is 2.45 bits per heavy atom. The highest BCUT2D eigenvalue weighted by atomic mass is 32.2. The Morgan fingerprint density at radius 1 is 1.25 bits per heavy atom. The summed E-state index contributed by atoms with van der Waals surface area (Å²) in [5.74, 6) is 0. The summed E-state index contributed by atoms with van der Waals surface area (Å²) in [6.45, 7) is 6.33. The van der Waals surface area contributed by atoms with Crippen molar-refractivity contribution in [3.05, 3.63) is 0 Å². The largest absolute Gasteiger partial charge is 0.444 e. The van der Waals surface area contributed by atoms with Crippen molar-refractivity contribution in [2.45, 2.75) is 63.3 Å². The first-order chi connectivity index (χ1) is 9.18. The van der Waals surface area contributed by atoms with Crippen molar-refractivity contribution in [1.29, 1.82) is 0 Å². The van der Waals surface area contributed by atoms with Gasteiger partial charge in [-0.15, -0.1) is 0 Å². The number of nitrogens with one attached hydrogen (secondary N) is 1. The van der Waals surface area contributed by atoms with Gasteiger partial charge in [0, 0.05) is 19.1 Å². The molecule has 1 N–H and O–H groups in total. The predicted octanol–water partition coefficient (Wildman–Crippen LogP) is 1.47. The summed E-state index contributed by atoms with van der Waals surface area (Å²) >= 11 is 0. The van der Waals surface area contributed by atoms with Crippen LogP contribution in [0, 0.1) is 0 Å². The Balaban J connectivity index is 1.89. The lowest BCUT2D eigenvalue weighted by atomic mass is 10.1. The van der Waals surface area contributed by atoms with E-state index in [0.29, 0.717) is 13.1 Å². The summed E-state index contributed by atoms with van der Waals surface area (Å²) in [7, 11) is -3.15. The van der Waals surface area contributed by atoms with Gasteiger partial charge in [0.2, 0.25) is 10.0 Å². The fraction of sp³-hybridized carbons (Fsp3) is 0.923. The second kappa shape index (κ2) is 5.52. The standard InChI is InChI=1S/C13H24N2O4S/c1-13(2,3)19-12(16)14-10-5-4-8-15(9-10)20(17,18)11-6-7-11/h10-11H,4-9H2,1-3H3,(H,14,16)/t10-/m0/s1. The molecule has 1 saturated heterocycles. The number of carbonyl (C=O) groups excluding carboxylic acids is 1. The zero-order chi connectivity index (χ0) is 15.0. The number of carbonyl (C=O) groups is 1. The summed E-state index contributed by atoms with van der Waals surface area (Å²) in [5, 5.41) is 2.58. The quantitative estimate of drug-likeness (QED) is 0.856. The molecule has 0 unspecified atom stereocenters. The van der Waals surface area contributed by atoms with Crippen LogP contribution in [-0.2, 0) is 14.8 Å². The third-order valence-electron chi connectivity index (χ3n) is 3.41. The Hall–Kier alpha value is -0.820. The number of hydrogen-bond acceptors (Lipinski definition) is 4. The van der Waals surface area contributed by atoms with Crippen LogP contribution in [0.4, 0.5) is 4.79 Å². The lowest BCUT2D eigenvalue weighted by molar-refractivity contribution is 0.0487. The lowest BCUT2D eigenvalue weighted by Gasteiger charge is -2.32. The average molecular weight is 304 g/mol. The SMILES string of the molecule is CC(C)(C)OC(=O)N[C@H]1CCCN(S(=O)(=O)C2CC2)C1. The van der Waals surface area contributed by atoms with E-state index < -0.39 is 21.7 Å². The number of amides is 1. The van der Waals surface area contributed by atoms with E-state index in [0.717, 1.165) is 25.7 Å². The second-order valence-corrected chi connectivity index (χ2v) is 8.80. The van der Waals surface area contributed by atoms with Gasteiger partial charge in [0.05, 0.1) is 5.25 Å². The molecule has 2 fully saturated rings. The number of rotatable bonds is 3. The predicted molar refractivity (Wildman–Crippen MR) is 75.9 cm³/mol. The van der Waals surface area contributed by atoms with Crippen LogP contribution in [0.3, 0.4) is 0 Å². The minimum absolute atomic E-state index is 0.160. The topological polar surface area (TPSA) is 75.7 Å². The number of nitrogens with zero attached hydrogens (tertiary/aromatic N) is 1. The molecule has 0 bridgehead atoms. The summed E-state index contributed by atoms with van der Waals surface area (Å²) in [5.41, 5.74) is -0.543. The molecule has 0 radical (unpaired) electrons. The summed E-state index contributed by atoms with van der Waals surface area (Å²) in [6, 6.07) is -0.160. The van der Waals surface area contributed by atoms with Crippen molar-refractivity contribution in [3.63, 3.8) is 0 Å². The molecule has 0 aromatic heterocycles. The molecule has 7 heteroatoms. The third-order valence-corrected chi connectivity index (χ3v) is 5.78. The van der Waals surface area contributed by atoms with Gasteiger partial charge in [-0.1, -0.05) is 0 Å². The Bertz CT molecular complexity index is 465. The molecule has 2 aliphatic rings. The lowest BCUT2D eigenvalue weighted by Crippen LogP contribution is -2.51. The zero-order valence-electron chi connectivity index (χ0n) is 12.4. The van der Waals surface area contributed by atoms with Crippen molar-refractivity contribution in [2.75, 3.05) is 13.1 Å². The molecule has 0 spiro atoms. The summed E-state index contributed by atoms with van der Waals surface area (Å²) in [6.07, 6.45) is 2.61. The summed E-state index contributed by atoms with van der Waals surface area (Å²) < 4.78 is 31.1. The average Bonchev–Trinajstić information content (AvgIpc) is 3.10. The number of piperidine rings is 1. The van der Waals surface area contributed by atoms with Gasteiger partial charge < -0.3 is 10.1 Å². The van der Waals surface area contributed by atoms with Crippen LogP contribution in [0.15, 0.2) is 0 Å². The number of hydrogen-bond donors (Lipinski definition) is 1. The fourth-order valence-electron chi connectivity index (χ4n) is 2.34. The highest BCUT2D eigenvalue weighted by Gasteiger charge is 2.41. The zero-order valence-corrected chi connectivity index (χ0v) is 13.2. The van der Waals surface area contributed by atoms with E-state index in [4.69, 9.17) is 4.74 Å². The molecule has 1 heterocycles. The van der Waals surface area contributed by atoms with Crippen LogP contribution < -0.4 is 5.32 Å². The molecule has 1 aliphatic carbocycles. The van der Waals surface area contributed by atoms with Gasteiger partial charge in [0.15, 0.2) is 0 Å². The molecule has 1 atom stereocenters. The number of sulfonamides is 1. The van der Waals surface area contributed by atoms with Gasteiger partial charge in [-0.25, -0.2) is 13.2 Å².